The van der Waals surface area contributed by atoms with Gasteiger partial charge in [0.25, 0.3) is 5.91 Å². The Bertz CT molecular complexity index is 1230. The van der Waals surface area contributed by atoms with Crippen molar-refractivity contribution >= 4 is 22.6 Å². The molecule has 2 aromatic carbocycles. The SMILES string of the molecule is CNC(=O)c1ccc(-c2cnc3n[nH]c(-c4ccccc4OC)c3c2)cc1N(C)C. The number of carbonyl (C=O) groups excluding carboxylic acids is 1. The Labute approximate surface area is 174 Å². The van der Waals surface area contributed by atoms with Gasteiger partial charge in [0, 0.05) is 49.5 Å². The van der Waals surface area contributed by atoms with Crippen molar-refractivity contribution in [3.8, 4) is 28.1 Å². The predicted octanol–water partition coefficient (Wildman–Crippen LogP) is 3.73. The van der Waals surface area contributed by atoms with Gasteiger partial charge in [-0.25, -0.2) is 4.98 Å². The maximum atomic E-state index is 12.2. The number of fused-ring (bicyclic) bond motifs is 1. The number of carbonyl (C=O) groups is 1. The molecule has 7 nitrogen and oxygen atoms in total. The topological polar surface area (TPSA) is 83.1 Å². The van der Waals surface area contributed by atoms with E-state index in [4.69, 9.17) is 4.74 Å². The number of benzene rings is 2. The molecular weight excluding hydrogens is 378 g/mol. The summed E-state index contributed by atoms with van der Waals surface area (Å²) in [6.07, 6.45) is 1.80. The quantitative estimate of drug-likeness (QED) is 0.532. The van der Waals surface area contributed by atoms with Gasteiger partial charge in [0.1, 0.15) is 5.75 Å². The Morgan fingerprint density at radius 3 is 2.63 bits per heavy atom. The third-order valence-corrected chi connectivity index (χ3v) is 5.07. The van der Waals surface area contributed by atoms with Crippen molar-refractivity contribution in [2.75, 3.05) is 33.2 Å². The van der Waals surface area contributed by atoms with Crippen LogP contribution in [0.3, 0.4) is 0 Å². The van der Waals surface area contributed by atoms with Crippen molar-refractivity contribution in [1.29, 1.82) is 0 Å². The van der Waals surface area contributed by atoms with Gasteiger partial charge in [0.2, 0.25) is 0 Å². The molecule has 152 valence electrons. The number of ether oxygens (including phenoxy) is 1. The van der Waals surface area contributed by atoms with Gasteiger partial charge in [-0.1, -0.05) is 18.2 Å². The Kier molecular flexibility index (Phi) is 5.10. The van der Waals surface area contributed by atoms with E-state index in [1.165, 1.54) is 0 Å². The van der Waals surface area contributed by atoms with Crippen molar-refractivity contribution in [2.45, 2.75) is 0 Å². The summed E-state index contributed by atoms with van der Waals surface area (Å²) in [5.74, 6) is 0.644. The number of hydrogen-bond donors (Lipinski definition) is 2. The second-order valence-corrected chi connectivity index (χ2v) is 7.10. The summed E-state index contributed by atoms with van der Waals surface area (Å²) in [4.78, 5) is 18.7. The van der Waals surface area contributed by atoms with Gasteiger partial charge in [-0.05, 0) is 35.9 Å². The van der Waals surface area contributed by atoms with E-state index in [1.54, 1.807) is 20.4 Å². The van der Waals surface area contributed by atoms with Gasteiger partial charge in [-0.3, -0.25) is 9.89 Å². The lowest BCUT2D eigenvalue weighted by atomic mass is 10.0. The number of H-pyrrole nitrogens is 1. The highest BCUT2D eigenvalue weighted by atomic mass is 16.5. The summed E-state index contributed by atoms with van der Waals surface area (Å²) >= 11 is 0. The van der Waals surface area contributed by atoms with E-state index in [0.29, 0.717) is 11.2 Å². The molecule has 1 amide bonds. The molecule has 4 rings (SSSR count). The van der Waals surface area contributed by atoms with Gasteiger partial charge in [-0.2, -0.15) is 5.10 Å². The van der Waals surface area contributed by atoms with Crippen LogP contribution in [0.1, 0.15) is 10.4 Å². The number of pyridine rings is 1. The van der Waals surface area contributed by atoms with Gasteiger partial charge >= 0.3 is 0 Å². The molecule has 0 aliphatic heterocycles. The molecule has 0 spiro atoms. The van der Waals surface area contributed by atoms with Gasteiger partial charge < -0.3 is 15.0 Å². The Hall–Kier alpha value is -3.87. The average molecular weight is 401 g/mol. The average Bonchev–Trinajstić information content (AvgIpc) is 3.21. The minimum absolute atomic E-state index is 0.118. The zero-order valence-corrected chi connectivity index (χ0v) is 17.4. The van der Waals surface area contributed by atoms with Crippen LogP contribution in [0.2, 0.25) is 0 Å². The van der Waals surface area contributed by atoms with E-state index < -0.39 is 0 Å². The van der Waals surface area contributed by atoms with Crippen LogP contribution in [0.15, 0.2) is 54.7 Å². The number of nitrogens with zero attached hydrogens (tertiary/aromatic N) is 3. The van der Waals surface area contributed by atoms with Crippen LogP contribution in [-0.2, 0) is 0 Å². The van der Waals surface area contributed by atoms with Gasteiger partial charge in [0.15, 0.2) is 5.65 Å². The van der Waals surface area contributed by atoms with E-state index >= 15 is 0 Å². The van der Waals surface area contributed by atoms with Gasteiger partial charge in [0.05, 0.1) is 18.4 Å². The smallest absolute Gasteiger partial charge is 0.253 e. The van der Waals surface area contributed by atoms with Crippen molar-refractivity contribution in [3.63, 3.8) is 0 Å². The first kappa shape index (κ1) is 19.4. The van der Waals surface area contributed by atoms with Crippen LogP contribution in [-0.4, -0.2) is 49.3 Å². The molecule has 0 bridgehead atoms. The molecule has 0 aliphatic carbocycles. The number of para-hydroxylation sites is 1. The molecule has 30 heavy (non-hydrogen) atoms. The lowest BCUT2D eigenvalue weighted by Crippen LogP contribution is -2.22. The second kappa shape index (κ2) is 7.87. The fraction of sp³-hybridized carbons (Fsp3) is 0.174. The lowest BCUT2D eigenvalue weighted by Gasteiger charge is -2.18. The Morgan fingerprint density at radius 1 is 1.10 bits per heavy atom. The molecule has 0 unspecified atom stereocenters. The molecule has 2 N–H and O–H groups in total. The summed E-state index contributed by atoms with van der Waals surface area (Å²) in [5.41, 5.74) is 5.77. The van der Waals surface area contributed by atoms with E-state index in [1.807, 2.05) is 61.5 Å². The third-order valence-electron chi connectivity index (χ3n) is 5.07. The van der Waals surface area contributed by atoms with Crippen LogP contribution < -0.4 is 15.0 Å². The normalized spacial score (nSPS) is 10.8. The number of amides is 1. The van der Waals surface area contributed by atoms with Crippen LogP contribution in [0.25, 0.3) is 33.4 Å². The number of methoxy groups -OCH3 is 1. The first-order chi connectivity index (χ1) is 14.5. The number of aromatic amines is 1. The monoisotopic (exact) mass is 401 g/mol. The van der Waals surface area contributed by atoms with Crippen molar-refractivity contribution < 1.29 is 9.53 Å². The first-order valence-corrected chi connectivity index (χ1v) is 9.54. The number of nitrogens with one attached hydrogen (secondary N) is 2. The summed E-state index contributed by atoms with van der Waals surface area (Å²) in [7, 11) is 7.12. The number of aromatic nitrogens is 3. The van der Waals surface area contributed by atoms with Crippen LogP contribution in [0.5, 0.6) is 5.75 Å². The highest BCUT2D eigenvalue weighted by molar-refractivity contribution is 6.01. The maximum absolute atomic E-state index is 12.2. The molecule has 0 radical (unpaired) electrons. The fourth-order valence-electron chi connectivity index (χ4n) is 3.52. The number of hydrogen-bond acceptors (Lipinski definition) is 5. The summed E-state index contributed by atoms with van der Waals surface area (Å²) in [6, 6.07) is 15.6. The standard InChI is InChI=1S/C23H23N5O2/c1-24-23(29)16-10-9-14(12-19(16)28(2)3)15-11-18-21(26-27-22(18)25-13-15)17-7-5-6-8-20(17)30-4/h5-13H,1-4H3,(H,24,29)(H,25,26,27). The molecule has 0 fully saturated rings. The largest absolute Gasteiger partial charge is 0.496 e. The first-order valence-electron chi connectivity index (χ1n) is 9.54. The third kappa shape index (κ3) is 3.34. The molecular formula is C23H23N5O2. The molecule has 7 heteroatoms. The summed E-state index contributed by atoms with van der Waals surface area (Å²) < 4.78 is 5.51. The maximum Gasteiger partial charge on any atom is 0.253 e. The highest BCUT2D eigenvalue weighted by Gasteiger charge is 2.16. The fourth-order valence-corrected chi connectivity index (χ4v) is 3.52. The summed E-state index contributed by atoms with van der Waals surface area (Å²) in [6.45, 7) is 0. The zero-order valence-electron chi connectivity index (χ0n) is 17.4. The number of anilines is 1. The van der Waals surface area contributed by atoms with Gasteiger partial charge in [-0.15, -0.1) is 0 Å². The van der Waals surface area contributed by atoms with Crippen LogP contribution >= 0.6 is 0 Å². The molecule has 2 aromatic heterocycles. The molecule has 0 atom stereocenters. The number of rotatable bonds is 5. The molecule has 2 heterocycles. The summed E-state index contributed by atoms with van der Waals surface area (Å²) in [5, 5.41) is 11.0. The van der Waals surface area contributed by atoms with E-state index in [-0.39, 0.29) is 5.91 Å². The predicted molar refractivity (Wildman–Crippen MR) is 119 cm³/mol. The van der Waals surface area contributed by atoms with E-state index in [9.17, 15) is 4.79 Å². The molecule has 0 saturated heterocycles. The second-order valence-electron chi connectivity index (χ2n) is 7.10. The van der Waals surface area contributed by atoms with Crippen molar-refractivity contribution in [3.05, 3.63) is 60.3 Å². The zero-order chi connectivity index (χ0) is 21.3. The molecule has 4 aromatic rings. The Balaban J connectivity index is 1.85. The lowest BCUT2D eigenvalue weighted by molar-refractivity contribution is 0.0963. The minimum Gasteiger partial charge on any atom is -0.496 e. The Morgan fingerprint density at radius 2 is 1.90 bits per heavy atom. The van der Waals surface area contributed by atoms with Crippen molar-refractivity contribution in [2.24, 2.45) is 0 Å². The van der Waals surface area contributed by atoms with E-state index in [0.717, 1.165) is 39.2 Å². The molecule has 0 aliphatic rings. The van der Waals surface area contributed by atoms with Crippen LogP contribution in [0, 0.1) is 0 Å². The van der Waals surface area contributed by atoms with Crippen molar-refractivity contribution in [1.82, 2.24) is 20.5 Å². The molecule has 0 saturated carbocycles. The van der Waals surface area contributed by atoms with E-state index in [2.05, 4.69) is 26.6 Å². The van der Waals surface area contributed by atoms with Crippen LogP contribution in [0.4, 0.5) is 5.69 Å². The highest BCUT2D eigenvalue weighted by Crippen LogP contribution is 2.35. The minimum atomic E-state index is -0.118.